The van der Waals surface area contributed by atoms with Gasteiger partial charge in [-0.3, -0.25) is 19.9 Å². The third-order valence-electron chi connectivity index (χ3n) is 5.85. The standard InChI is InChI=1S/C25H26N4O2/c1-28(2)22(30)19-11-9-10-18(16-19)17-29-23(31)25(27-24(29)26,20-12-5-3-6-13-20)21-14-7-4-8-15-21/h3-14,16,21H,15,17H2,1-2H3,(H2,26,27). The number of guanidine groups is 1. The summed E-state index contributed by atoms with van der Waals surface area (Å²) < 4.78 is 0. The van der Waals surface area contributed by atoms with Gasteiger partial charge >= 0.3 is 0 Å². The number of hydrogen-bond donors (Lipinski definition) is 2. The fraction of sp³-hybridized carbons (Fsp3) is 0.240. The van der Waals surface area contributed by atoms with E-state index in [1.54, 1.807) is 26.2 Å². The molecule has 6 heteroatoms. The number of rotatable bonds is 5. The van der Waals surface area contributed by atoms with Crippen molar-refractivity contribution < 1.29 is 9.59 Å². The average Bonchev–Trinajstić information content (AvgIpc) is 3.05. The van der Waals surface area contributed by atoms with E-state index in [4.69, 9.17) is 5.41 Å². The van der Waals surface area contributed by atoms with Gasteiger partial charge in [-0.1, -0.05) is 66.8 Å². The van der Waals surface area contributed by atoms with Crippen LogP contribution in [0, 0.1) is 11.3 Å². The van der Waals surface area contributed by atoms with Crippen molar-refractivity contribution in [1.29, 1.82) is 5.41 Å². The van der Waals surface area contributed by atoms with E-state index in [0.717, 1.165) is 11.1 Å². The van der Waals surface area contributed by atoms with Crippen LogP contribution in [0.25, 0.3) is 0 Å². The van der Waals surface area contributed by atoms with Crippen LogP contribution < -0.4 is 5.32 Å². The summed E-state index contributed by atoms with van der Waals surface area (Å²) in [7, 11) is 3.41. The zero-order chi connectivity index (χ0) is 22.0. The summed E-state index contributed by atoms with van der Waals surface area (Å²) in [6, 6.07) is 16.8. The fourth-order valence-corrected chi connectivity index (χ4v) is 4.28. The highest BCUT2D eigenvalue weighted by Crippen LogP contribution is 2.40. The van der Waals surface area contributed by atoms with Gasteiger partial charge in [0.05, 0.1) is 6.54 Å². The molecule has 2 aliphatic rings. The Bertz CT molecular complexity index is 1070. The molecule has 2 amide bonds. The van der Waals surface area contributed by atoms with Gasteiger partial charge < -0.3 is 10.2 Å². The largest absolute Gasteiger partial charge is 0.345 e. The SMILES string of the molecule is CN(C)C(=O)c1cccc(CN2C(=N)NC(c3ccccc3)(C3C=CC=CC3)C2=O)c1. The molecule has 2 unspecified atom stereocenters. The predicted octanol–water partition coefficient (Wildman–Crippen LogP) is 3.28. The van der Waals surface area contributed by atoms with Crippen molar-refractivity contribution in [3.63, 3.8) is 0 Å². The van der Waals surface area contributed by atoms with E-state index in [9.17, 15) is 9.59 Å². The summed E-state index contributed by atoms with van der Waals surface area (Å²) in [5, 5.41) is 11.8. The molecule has 1 aliphatic carbocycles. The lowest BCUT2D eigenvalue weighted by Crippen LogP contribution is -2.50. The van der Waals surface area contributed by atoms with Crippen molar-refractivity contribution in [3.05, 3.63) is 95.6 Å². The van der Waals surface area contributed by atoms with Crippen LogP contribution in [0.4, 0.5) is 0 Å². The summed E-state index contributed by atoms with van der Waals surface area (Å²) in [5.74, 6) is -0.293. The molecule has 1 aliphatic heterocycles. The van der Waals surface area contributed by atoms with Gasteiger partial charge in [0.25, 0.3) is 11.8 Å². The molecule has 2 atom stereocenters. The highest BCUT2D eigenvalue weighted by Gasteiger charge is 2.54. The van der Waals surface area contributed by atoms with Gasteiger partial charge in [0, 0.05) is 25.6 Å². The lowest BCUT2D eigenvalue weighted by molar-refractivity contribution is -0.133. The molecular weight excluding hydrogens is 388 g/mol. The fourth-order valence-electron chi connectivity index (χ4n) is 4.28. The number of nitrogens with one attached hydrogen (secondary N) is 2. The maximum absolute atomic E-state index is 13.9. The Morgan fingerprint density at radius 3 is 2.61 bits per heavy atom. The van der Waals surface area contributed by atoms with Gasteiger partial charge in [-0.2, -0.15) is 0 Å². The average molecular weight is 415 g/mol. The number of benzene rings is 2. The molecule has 1 saturated heterocycles. The van der Waals surface area contributed by atoms with Crippen LogP contribution in [0.2, 0.25) is 0 Å². The van der Waals surface area contributed by atoms with Crippen LogP contribution in [0.1, 0.15) is 27.9 Å². The number of carbonyl (C=O) groups excluding carboxylic acids is 2. The second-order valence-corrected chi connectivity index (χ2v) is 8.09. The van der Waals surface area contributed by atoms with E-state index in [1.165, 1.54) is 9.80 Å². The van der Waals surface area contributed by atoms with Gasteiger partial charge in [0.2, 0.25) is 0 Å². The van der Waals surface area contributed by atoms with E-state index in [1.807, 2.05) is 66.8 Å². The summed E-state index contributed by atoms with van der Waals surface area (Å²) >= 11 is 0. The highest BCUT2D eigenvalue weighted by atomic mass is 16.2. The Kier molecular flexibility index (Phi) is 5.46. The first-order valence-electron chi connectivity index (χ1n) is 10.3. The normalized spacial score (nSPS) is 22.5. The minimum absolute atomic E-state index is 0.0705. The topological polar surface area (TPSA) is 76.5 Å². The van der Waals surface area contributed by atoms with E-state index in [2.05, 4.69) is 5.32 Å². The van der Waals surface area contributed by atoms with Crippen molar-refractivity contribution in [2.75, 3.05) is 14.1 Å². The molecule has 2 N–H and O–H groups in total. The third-order valence-corrected chi connectivity index (χ3v) is 5.85. The van der Waals surface area contributed by atoms with E-state index < -0.39 is 5.54 Å². The summed E-state index contributed by atoms with van der Waals surface area (Å²) in [5.41, 5.74) is 1.17. The van der Waals surface area contributed by atoms with E-state index in [-0.39, 0.29) is 30.2 Å². The zero-order valence-electron chi connectivity index (χ0n) is 17.7. The Morgan fingerprint density at radius 1 is 1.16 bits per heavy atom. The number of nitrogens with zero attached hydrogens (tertiary/aromatic N) is 2. The maximum atomic E-state index is 13.9. The Hall–Kier alpha value is -3.67. The van der Waals surface area contributed by atoms with Gasteiger partial charge in [-0.05, 0) is 29.7 Å². The molecule has 4 rings (SSSR count). The van der Waals surface area contributed by atoms with Crippen molar-refractivity contribution in [2.24, 2.45) is 5.92 Å². The molecule has 6 nitrogen and oxygen atoms in total. The van der Waals surface area contributed by atoms with Crippen LogP contribution in [-0.4, -0.2) is 41.7 Å². The maximum Gasteiger partial charge on any atom is 0.260 e. The lowest BCUT2D eigenvalue weighted by Gasteiger charge is -2.34. The number of carbonyl (C=O) groups is 2. The minimum Gasteiger partial charge on any atom is -0.345 e. The molecule has 0 saturated carbocycles. The molecule has 158 valence electrons. The van der Waals surface area contributed by atoms with Crippen LogP contribution in [0.5, 0.6) is 0 Å². The van der Waals surface area contributed by atoms with Crippen molar-refractivity contribution in [2.45, 2.75) is 18.5 Å². The van der Waals surface area contributed by atoms with Gasteiger partial charge in [-0.25, -0.2) is 0 Å². The quantitative estimate of drug-likeness (QED) is 0.788. The van der Waals surface area contributed by atoms with Gasteiger partial charge in [0.15, 0.2) is 11.5 Å². The third kappa shape index (κ3) is 3.65. The minimum atomic E-state index is -1.03. The lowest BCUT2D eigenvalue weighted by atomic mass is 9.75. The van der Waals surface area contributed by atoms with Crippen molar-refractivity contribution >= 4 is 17.8 Å². The molecule has 31 heavy (non-hydrogen) atoms. The number of hydrogen-bond acceptors (Lipinski definition) is 3. The predicted molar refractivity (Wildman–Crippen MR) is 120 cm³/mol. The molecule has 0 bridgehead atoms. The summed E-state index contributed by atoms with van der Waals surface area (Å²) in [6.45, 7) is 0.222. The first-order valence-corrected chi connectivity index (χ1v) is 10.3. The van der Waals surface area contributed by atoms with Crippen LogP contribution in [0.3, 0.4) is 0 Å². The number of amides is 2. The molecule has 0 aromatic heterocycles. The molecule has 2 aromatic carbocycles. The number of allylic oxidation sites excluding steroid dienone is 3. The van der Waals surface area contributed by atoms with Crippen molar-refractivity contribution in [3.8, 4) is 0 Å². The molecule has 1 heterocycles. The zero-order valence-corrected chi connectivity index (χ0v) is 17.7. The second kappa shape index (κ2) is 8.22. The van der Waals surface area contributed by atoms with Crippen LogP contribution >= 0.6 is 0 Å². The first-order chi connectivity index (χ1) is 14.9. The molecule has 0 radical (unpaired) electrons. The smallest absolute Gasteiger partial charge is 0.260 e. The molecule has 2 aromatic rings. The Morgan fingerprint density at radius 2 is 1.94 bits per heavy atom. The second-order valence-electron chi connectivity index (χ2n) is 8.09. The molecular formula is C25H26N4O2. The summed E-state index contributed by atoms with van der Waals surface area (Å²) in [4.78, 5) is 29.2. The van der Waals surface area contributed by atoms with Gasteiger partial charge in [-0.15, -0.1) is 0 Å². The van der Waals surface area contributed by atoms with Gasteiger partial charge in [0.1, 0.15) is 0 Å². The molecule has 1 fully saturated rings. The van der Waals surface area contributed by atoms with Crippen molar-refractivity contribution in [1.82, 2.24) is 15.1 Å². The van der Waals surface area contributed by atoms with Crippen LogP contribution in [0.15, 0.2) is 78.9 Å². The highest BCUT2D eigenvalue weighted by molar-refractivity contribution is 6.08. The van der Waals surface area contributed by atoms with E-state index >= 15 is 0 Å². The summed E-state index contributed by atoms with van der Waals surface area (Å²) in [6.07, 6.45) is 8.72. The Balaban J connectivity index is 1.69. The Labute approximate surface area is 182 Å². The van der Waals surface area contributed by atoms with E-state index in [0.29, 0.717) is 12.0 Å². The van der Waals surface area contributed by atoms with Crippen LogP contribution in [-0.2, 0) is 16.9 Å². The first kappa shape index (κ1) is 20.6. The monoisotopic (exact) mass is 414 g/mol. The molecule has 0 spiro atoms.